The summed E-state index contributed by atoms with van der Waals surface area (Å²) in [5.74, 6) is 4.09. The summed E-state index contributed by atoms with van der Waals surface area (Å²) in [7, 11) is 0. The van der Waals surface area contributed by atoms with Crippen LogP contribution in [0.2, 0.25) is 0 Å². The zero-order valence-electron chi connectivity index (χ0n) is 10.7. The van der Waals surface area contributed by atoms with Crippen LogP contribution >= 0.6 is 24.0 Å². The Hall–Kier alpha value is -0.440. The van der Waals surface area contributed by atoms with Crippen LogP contribution in [0.25, 0.3) is 0 Å². The van der Waals surface area contributed by atoms with E-state index >= 15 is 0 Å². The Bertz CT molecular complexity index is 270. The molecule has 1 heterocycles. The number of guanidine groups is 1. The Labute approximate surface area is 122 Å². The van der Waals surface area contributed by atoms with E-state index in [0.717, 1.165) is 44.8 Å². The van der Waals surface area contributed by atoms with E-state index in [0.29, 0.717) is 5.96 Å². The van der Waals surface area contributed by atoms with Gasteiger partial charge in [0.25, 0.3) is 0 Å². The van der Waals surface area contributed by atoms with Gasteiger partial charge >= 0.3 is 0 Å². The summed E-state index contributed by atoms with van der Waals surface area (Å²) in [5, 5.41) is 0. The fourth-order valence-corrected chi connectivity index (χ4v) is 2.03. The topological polar surface area (TPSA) is 41.6 Å². The smallest absolute Gasteiger partial charge is 0.191 e. The van der Waals surface area contributed by atoms with E-state index in [2.05, 4.69) is 22.7 Å². The van der Waals surface area contributed by atoms with Crippen LogP contribution in [0.5, 0.6) is 0 Å². The Kier molecular flexibility index (Phi) is 9.33. The first kappa shape index (κ1) is 16.6. The minimum atomic E-state index is 0. The summed E-state index contributed by atoms with van der Waals surface area (Å²) in [6, 6.07) is 0. The van der Waals surface area contributed by atoms with Gasteiger partial charge in [0, 0.05) is 26.1 Å². The van der Waals surface area contributed by atoms with Gasteiger partial charge in [-0.15, -0.1) is 36.3 Å². The normalized spacial score (nSPS) is 20.6. The predicted octanol–water partition coefficient (Wildman–Crippen LogP) is 2.45. The van der Waals surface area contributed by atoms with Crippen molar-refractivity contribution in [3.8, 4) is 12.3 Å². The van der Waals surface area contributed by atoms with E-state index in [9.17, 15) is 0 Å². The zero-order chi connectivity index (χ0) is 11.8. The minimum absolute atomic E-state index is 0. The van der Waals surface area contributed by atoms with E-state index in [1.165, 1.54) is 12.8 Å². The Morgan fingerprint density at radius 1 is 1.53 bits per heavy atom. The molecule has 0 aromatic carbocycles. The van der Waals surface area contributed by atoms with Crippen LogP contribution in [0.3, 0.4) is 0 Å². The maximum atomic E-state index is 5.96. The van der Waals surface area contributed by atoms with Gasteiger partial charge in [-0.25, -0.2) is 0 Å². The predicted molar refractivity (Wildman–Crippen MR) is 84.6 cm³/mol. The highest BCUT2D eigenvalue weighted by molar-refractivity contribution is 14.0. The van der Waals surface area contributed by atoms with Gasteiger partial charge in [-0.3, -0.25) is 4.99 Å². The number of aliphatic imine (C=N–C) groups is 1. The van der Waals surface area contributed by atoms with Gasteiger partial charge in [0.2, 0.25) is 0 Å². The van der Waals surface area contributed by atoms with Crippen LogP contribution in [0.1, 0.15) is 39.0 Å². The molecule has 2 N–H and O–H groups in total. The van der Waals surface area contributed by atoms with Crippen molar-refractivity contribution >= 4 is 29.9 Å². The second-order valence-corrected chi connectivity index (χ2v) is 4.59. The molecule has 0 amide bonds. The lowest BCUT2D eigenvalue weighted by molar-refractivity contribution is 0.270. The third-order valence-corrected chi connectivity index (χ3v) is 2.98. The second kappa shape index (κ2) is 9.58. The number of terminal acetylenes is 1. The molecular weight excluding hydrogens is 325 g/mol. The van der Waals surface area contributed by atoms with Crippen molar-refractivity contribution in [3.05, 3.63) is 0 Å². The first-order chi connectivity index (χ1) is 7.74. The summed E-state index contributed by atoms with van der Waals surface area (Å²) in [4.78, 5) is 6.61. The molecule has 1 atom stereocenters. The van der Waals surface area contributed by atoms with E-state index in [4.69, 9.17) is 12.2 Å². The van der Waals surface area contributed by atoms with Crippen molar-refractivity contribution in [2.24, 2.45) is 16.6 Å². The second-order valence-electron chi connectivity index (χ2n) is 4.59. The molecule has 4 heteroatoms. The average Bonchev–Trinajstić information content (AvgIpc) is 2.28. The molecule has 0 spiro atoms. The summed E-state index contributed by atoms with van der Waals surface area (Å²) < 4.78 is 0. The van der Waals surface area contributed by atoms with E-state index in [1.807, 2.05) is 0 Å². The van der Waals surface area contributed by atoms with Crippen LogP contribution in [-0.2, 0) is 0 Å². The molecule has 17 heavy (non-hydrogen) atoms. The molecule has 0 bridgehead atoms. The van der Waals surface area contributed by atoms with Gasteiger partial charge in [-0.1, -0.05) is 6.92 Å². The number of hydrogen-bond acceptors (Lipinski definition) is 1. The standard InChI is InChI=1S/C13H23N3.HI/c1-3-4-5-6-9-15-13(14)16-10-7-8-12(2)11-16;/h1,12H,4-11H2,2H3,(H2,14,15);1H. The summed E-state index contributed by atoms with van der Waals surface area (Å²) in [5.41, 5.74) is 5.96. The van der Waals surface area contributed by atoms with Gasteiger partial charge in [-0.05, 0) is 31.6 Å². The van der Waals surface area contributed by atoms with Crippen molar-refractivity contribution in [3.63, 3.8) is 0 Å². The SMILES string of the molecule is C#CCCCCN=C(N)N1CCCC(C)C1.I. The number of hydrogen-bond donors (Lipinski definition) is 1. The molecular formula is C13H24IN3. The van der Waals surface area contributed by atoms with Gasteiger partial charge in [0.1, 0.15) is 0 Å². The van der Waals surface area contributed by atoms with Crippen LogP contribution in [-0.4, -0.2) is 30.5 Å². The number of rotatable bonds is 4. The number of halogens is 1. The maximum absolute atomic E-state index is 5.96. The molecule has 3 nitrogen and oxygen atoms in total. The van der Waals surface area contributed by atoms with Crippen molar-refractivity contribution in [2.45, 2.75) is 39.0 Å². The first-order valence-corrected chi connectivity index (χ1v) is 6.22. The van der Waals surface area contributed by atoms with Gasteiger partial charge < -0.3 is 10.6 Å². The molecule has 1 saturated heterocycles. The largest absolute Gasteiger partial charge is 0.370 e. The maximum Gasteiger partial charge on any atom is 0.191 e. The molecule has 0 aromatic heterocycles. The highest BCUT2D eigenvalue weighted by atomic mass is 127. The van der Waals surface area contributed by atoms with Crippen LogP contribution < -0.4 is 5.73 Å². The first-order valence-electron chi connectivity index (χ1n) is 6.22. The quantitative estimate of drug-likeness (QED) is 0.279. The number of piperidine rings is 1. The molecule has 1 rings (SSSR count). The Balaban J connectivity index is 0.00000256. The highest BCUT2D eigenvalue weighted by Gasteiger charge is 2.17. The van der Waals surface area contributed by atoms with E-state index < -0.39 is 0 Å². The molecule has 1 fully saturated rings. The van der Waals surface area contributed by atoms with Crippen LogP contribution in [0.15, 0.2) is 4.99 Å². The fourth-order valence-electron chi connectivity index (χ4n) is 2.03. The molecule has 0 aliphatic carbocycles. The third kappa shape index (κ3) is 6.77. The molecule has 0 radical (unpaired) electrons. The molecule has 0 saturated carbocycles. The lowest BCUT2D eigenvalue weighted by Gasteiger charge is -2.31. The van der Waals surface area contributed by atoms with E-state index in [1.54, 1.807) is 0 Å². The van der Waals surface area contributed by atoms with Crippen molar-refractivity contribution in [2.75, 3.05) is 19.6 Å². The lowest BCUT2D eigenvalue weighted by Crippen LogP contribution is -2.43. The number of likely N-dealkylation sites (tertiary alicyclic amines) is 1. The summed E-state index contributed by atoms with van der Waals surface area (Å²) in [6.07, 6.45) is 10.7. The zero-order valence-corrected chi connectivity index (χ0v) is 13.0. The number of nitrogens with two attached hydrogens (primary N) is 1. The van der Waals surface area contributed by atoms with Crippen LogP contribution in [0.4, 0.5) is 0 Å². The summed E-state index contributed by atoms with van der Waals surface area (Å²) in [6.45, 7) is 5.19. The number of unbranched alkanes of at least 4 members (excludes halogenated alkanes) is 2. The molecule has 0 aromatic rings. The molecule has 1 unspecified atom stereocenters. The molecule has 1 aliphatic heterocycles. The van der Waals surface area contributed by atoms with Crippen molar-refractivity contribution in [1.82, 2.24) is 4.90 Å². The fraction of sp³-hybridized carbons (Fsp3) is 0.769. The third-order valence-electron chi connectivity index (χ3n) is 2.98. The van der Waals surface area contributed by atoms with Crippen LogP contribution in [0, 0.1) is 18.3 Å². The number of nitrogens with zero attached hydrogens (tertiary/aromatic N) is 2. The van der Waals surface area contributed by atoms with Crippen molar-refractivity contribution < 1.29 is 0 Å². The van der Waals surface area contributed by atoms with Crippen molar-refractivity contribution in [1.29, 1.82) is 0 Å². The van der Waals surface area contributed by atoms with E-state index in [-0.39, 0.29) is 24.0 Å². The molecule has 98 valence electrons. The Morgan fingerprint density at radius 3 is 2.94 bits per heavy atom. The highest BCUT2D eigenvalue weighted by Crippen LogP contribution is 2.14. The average molecular weight is 349 g/mol. The van der Waals surface area contributed by atoms with Gasteiger partial charge in [0.05, 0.1) is 0 Å². The lowest BCUT2D eigenvalue weighted by atomic mass is 10.0. The van der Waals surface area contributed by atoms with Gasteiger partial charge in [-0.2, -0.15) is 0 Å². The monoisotopic (exact) mass is 349 g/mol. The van der Waals surface area contributed by atoms with Gasteiger partial charge in [0.15, 0.2) is 5.96 Å². The minimum Gasteiger partial charge on any atom is -0.370 e. The Morgan fingerprint density at radius 2 is 2.29 bits per heavy atom. The molecule has 1 aliphatic rings. The summed E-state index contributed by atoms with van der Waals surface area (Å²) >= 11 is 0.